The minimum absolute atomic E-state index is 0.0363. The standard InChI is InChI=1S/C15H17F3N2O3/c1-9-10(2)23-14(20-9)8-19-13-4-3-11(22-6-5-21)7-12(13)15(16,17)18/h3-4,7,19,21H,5-6,8H2,1-2H3. The van der Waals surface area contributed by atoms with Crippen LogP contribution in [0.4, 0.5) is 18.9 Å². The van der Waals surface area contributed by atoms with Gasteiger partial charge in [-0.25, -0.2) is 4.98 Å². The Morgan fingerprint density at radius 3 is 2.61 bits per heavy atom. The van der Waals surface area contributed by atoms with Crippen LogP contribution in [0, 0.1) is 13.8 Å². The van der Waals surface area contributed by atoms with E-state index in [2.05, 4.69) is 10.3 Å². The molecule has 0 aliphatic heterocycles. The second-order valence-corrected chi connectivity index (χ2v) is 4.88. The van der Waals surface area contributed by atoms with E-state index in [1.807, 2.05) is 0 Å². The molecule has 0 amide bonds. The first-order chi connectivity index (χ1) is 10.8. The molecule has 2 N–H and O–H groups in total. The lowest BCUT2D eigenvalue weighted by Crippen LogP contribution is -2.12. The number of rotatable bonds is 6. The summed E-state index contributed by atoms with van der Waals surface area (Å²) < 4.78 is 49.8. The summed E-state index contributed by atoms with van der Waals surface area (Å²) in [4.78, 5) is 4.11. The summed E-state index contributed by atoms with van der Waals surface area (Å²) in [5, 5.41) is 11.3. The zero-order valence-electron chi connectivity index (χ0n) is 12.7. The number of hydrogen-bond donors (Lipinski definition) is 2. The number of nitrogens with one attached hydrogen (secondary N) is 1. The van der Waals surface area contributed by atoms with Gasteiger partial charge in [0.2, 0.25) is 5.89 Å². The van der Waals surface area contributed by atoms with E-state index in [4.69, 9.17) is 14.3 Å². The number of aromatic nitrogens is 1. The molecule has 126 valence electrons. The number of halogens is 3. The van der Waals surface area contributed by atoms with E-state index in [0.29, 0.717) is 17.3 Å². The maximum atomic E-state index is 13.2. The molecule has 8 heteroatoms. The molecule has 0 radical (unpaired) electrons. The van der Waals surface area contributed by atoms with E-state index in [9.17, 15) is 13.2 Å². The van der Waals surface area contributed by atoms with Gasteiger partial charge in [0.1, 0.15) is 18.1 Å². The van der Waals surface area contributed by atoms with Crippen molar-refractivity contribution in [3.05, 3.63) is 41.1 Å². The molecule has 2 aromatic rings. The van der Waals surface area contributed by atoms with Crippen molar-refractivity contribution in [2.45, 2.75) is 26.6 Å². The van der Waals surface area contributed by atoms with E-state index < -0.39 is 11.7 Å². The molecule has 5 nitrogen and oxygen atoms in total. The number of nitrogens with zero attached hydrogens (tertiary/aromatic N) is 1. The van der Waals surface area contributed by atoms with Crippen molar-refractivity contribution in [1.82, 2.24) is 4.98 Å². The lowest BCUT2D eigenvalue weighted by Gasteiger charge is -2.15. The third kappa shape index (κ3) is 4.38. The van der Waals surface area contributed by atoms with Crippen LogP contribution >= 0.6 is 0 Å². The normalized spacial score (nSPS) is 11.6. The molecule has 0 spiro atoms. The number of benzene rings is 1. The molecule has 0 saturated carbocycles. The number of ether oxygens (including phenoxy) is 1. The maximum absolute atomic E-state index is 13.2. The minimum atomic E-state index is -4.54. The number of aliphatic hydroxyl groups is 1. The zero-order valence-corrected chi connectivity index (χ0v) is 12.7. The van der Waals surface area contributed by atoms with Gasteiger partial charge in [-0.05, 0) is 32.0 Å². The molecule has 1 aromatic carbocycles. The highest BCUT2D eigenvalue weighted by molar-refractivity contribution is 5.55. The number of aryl methyl sites for hydroxylation is 2. The van der Waals surface area contributed by atoms with Crippen molar-refractivity contribution in [2.75, 3.05) is 18.5 Å². The third-order valence-corrected chi connectivity index (χ3v) is 3.16. The van der Waals surface area contributed by atoms with Gasteiger partial charge >= 0.3 is 6.18 Å². The third-order valence-electron chi connectivity index (χ3n) is 3.16. The van der Waals surface area contributed by atoms with Gasteiger partial charge in [0.15, 0.2) is 0 Å². The first-order valence-corrected chi connectivity index (χ1v) is 6.93. The fourth-order valence-corrected chi connectivity index (χ4v) is 1.95. The van der Waals surface area contributed by atoms with Crippen LogP contribution in [-0.4, -0.2) is 23.3 Å². The van der Waals surface area contributed by atoms with Gasteiger partial charge in [-0.3, -0.25) is 0 Å². The summed E-state index contributed by atoms with van der Waals surface area (Å²) in [6, 6.07) is 3.57. The molecular formula is C15H17F3N2O3. The van der Waals surface area contributed by atoms with Gasteiger partial charge in [-0.2, -0.15) is 13.2 Å². The van der Waals surface area contributed by atoms with Gasteiger partial charge < -0.3 is 19.6 Å². The van der Waals surface area contributed by atoms with Gasteiger partial charge in [0.25, 0.3) is 0 Å². The molecule has 1 heterocycles. The topological polar surface area (TPSA) is 67.5 Å². The van der Waals surface area contributed by atoms with Crippen molar-refractivity contribution in [2.24, 2.45) is 0 Å². The van der Waals surface area contributed by atoms with E-state index in [1.165, 1.54) is 12.1 Å². The fraction of sp³-hybridized carbons (Fsp3) is 0.400. The second-order valence-electron chi connectivity index (χ2n) is 4.88. The van der Waals surface area contributed by atoms with Crippen molar-refractivity contribution in [1.29, 1.82) is 0 Å². The number of anilines is 1. The molecular weight excluding hydrogens is 313 g/mol. The smallest absolute Gasteiger partial charge is 0.418 e. The molecule has 0 unspecified atom stereocenters. The van der Waals surface area contributed by atoms with Crippen LogP contribution in [0.1, 0.15) is 22.9 Å². The highest BCUT2D eigenvalue weighted by Gasteiger charge is 2.34. The summed E-state index contributed by atoms with van der Waals surface area (Å²) in [7, 11) is 0. The van der Waals surface area contributed by atoms with Crippen LogP contribution in [0.15, 0.2) is 22.6 Å². The Morgan fingerprint density at radius 2 is 2.04 bits per heavy atom. The number of alkyl halides is 3. The van der Waals surface area contributed by atoms with Crippen LogP contribution in [-0.2, 0) is 12.7 Å². The first-order valence-electron chi connectivity index (χ1n) is 6.93. The first kappa shape index (κ1) is 17.1. The largest absolute Gasteiger partial charge is 0.491 e. The predicted octanol–water partition coefficient (Wildman–Crippen LogP) is 3.29. The molecule has 23 heavy (non-hydrogen) atoms. The van der Waals surface area contributed by atoms with E-state index >= 15 is 0 Å². The molecule has 0 aliphatic rings. The van der Waals surface area contributed by atoms with Crippen LogP contribution in [0.25, 0.3) is 0 Å². The van der Waals surface area contributed by atoms with Crippen molar-refractivity contribution >= 4 is 5.69 Å². The molecule has 0 fully saturated rings. The number of oxazole rings is 1. The Morgan fingerprint density at radius 1 is 1.30 bits per heavy atom. The maximum Gasteiger partial charge on any atom is 0.418 e. The van der Waals surface area contributed by atoms with Gasteiger partial charge in [0, 0.05) is 5.69 Å². The summed E-state index contributed by atoms with van der Waals surface area (Å²) in [6.45, 7) is 3.19. The fourth-order valence-electron chi connectivity index (χ4n) is 1.95. The van der Waals surface area contributed by atoms with Gasteiger partial charge in [-0.1, -0.05) is 0 Å². The van der Waals surface area contributed by atoms with Crippen LogP contribution in [0.5, 0.6) is 5.75 Å². The number of aliphatic hydroxyl groups excluding tert-OH is 1. The Kier molecular flexibility index (Phi) is 5.15. The molecule has 0 saturated heterocycles. The summed E-state index contributed by atoms with van der Waals surface area (Å²) in [5.74, 6) is 0.985. The highest BCUT2D eigenvalue weighted by Crippen LogP contribution is 2.37. The number of hydrogen-bond acceptors (Lipinski definition) is 5. The second kappa shape index (κ2) is 6.91. The quantitative estimate of drug-likeness (QED) is 0.851. The lowest BCUT2D eigenvalue weighted by molar-refractivity contribution is -0.137. The summed E-state index contributed by atoms with van der Waals surface area (Å²) >= 11 is 0. The van der Waals surface area contributed by atoms with Crippen LogP contribution in [0.3, 0.4) is 0 Å². The predicted molar refractivity (Wildman–Crippen MR) is 77.3 cm³/mol. The Bertz CT molecular complexity index is 649. The summed E-state index contributed by atoms with van der Waals surface area (Å²) in [5.41, 5.74) is -0.249. The van der Waals surface area contributed by atoms with E-state index in [1.54, 1.807) is 13.8 Å². The zero-order chi connectivity index (χ0) is 17.0. The molecule has 2 rings (SSSR count). The van der Waals surface area contributed by atoms with Crippen LogP contribution in [0.2, 0.25) is 0 Å². The Labute approximate surface area is 131 Å². The average molecular weight is 330 g/mol. The Hall–Kier alpha value is -2.22. The molecule has 0 bridgehead atoms. The van der Waals surface area contributed by atoms with Gasteiger partial charge in [-0.15, -0.1) is 0 Å². The van der Waals surface area contributed by atoms with Crippen molar-refractivity contribution in [3.63, 3.8) is 0 Å². The van der Waals surface area contributed by atoms with Crippen LogP contribution < -0.4 is 10.1 Å². The average Bonchev–Trinajstić information content (AvgIpc) is 2.81. The van der Waals surface area contributed by atoms with Crippen molar-refractivity contribution in [3.8, 4) is 5.75 Å². The van der Waals surface area contributed by atoms with E-state index in [0.717, 1.165) is 6.07 Å². The molecule has 1 aromatic heterocycles. The van der Waals surface area contributed by atoms with Gasteiger partial charge in [0.05, 0.1) is 24.4 Å². The van der Waals surface area contributed by atoms with Crippen molar-refractivity contribution < 1.29 is 27.4 Å². The molecule has 0 aliphatic carbocycles. The minimum Gasteiger partial charge on any atom is -0.491 e. The lowest BCUT2D eigenvalue weighted by atomic mass is 10.1. The molecule has 0 atom stereocenters. The Balaban J connectivity index is 2.19. The van der Waals surface area contributed by atoms with E-state index in [-0.39, 0.29) is 31.2 Å². The summed E-state index contributed by atoms with van der Waals surface area (Å²) in [6.07, 6.45) is -4.54. The SMILES string of the molecule is Cc1nc(CNc2ccc(OCCO)cc2C(F)(F)F)oc1C. The highest BCUT2D eigenvalue weighted by atomic mass is 19.4. The monoisotopic (exact) mass is 330 g/mol.